The first-order valence-corrected chi connectivity index (χ1v) is 9.89. The average molecular weight is 354 g/mol. The maximum atomic E-state index is 11.1. The van der Waals surface area contributed by atoms with Gasteiger partial charge in [0.05, 0.1) is 5.57 Å². The first-order valence-electron chi connectivity index (χ1n) is 9.89. The number of carboxylic acids is 1. The predicted molar refractivity (Wildman–Crippen MR) is 105 cm³/mol. The van der Waals surface area contributed by atoms with Gasteiger partial charge in [-0.15, -0.1) is 0 Å². The van der Waals surface area contributed by atoms with Crippen LogP contribution in [0.15, 0.2) is 30.8 Å². The van der Waals surface area contributed by atoms with Gasteiger partial charge in [-0.3, -0.25) is 0 Å². The van der Waals surface area contributed by atoms with Crippen molar-refractivity contribution in [2.24, 2.45) is 27.9 Å². The van der Waals surface area contributed by atoms with E-state index in [1.54, 1.807) is 0 Å². The van der Waals surface area contributed by atoms with Crippen LogP contribution in [0.4, 0.5) is 0 Å². The van der Waals surface area contributed by atoms with Crippen molar-refractivity contribution in [1.82, 2.24) is 0 Å². The standard InChI is InChI=1S/C23H31NO2/c1-15(20(25)26)18-6-4-16(5-7-18)8-19(24)23-11-17-9-21(2,13-23)12-22(3,10-17)14-23/h4-7,17,19H,1,8-14,24H2,2-3H3,(H,25,26). The highest BCUT2D eigenvalue weighted by molar-refractivity contribution is 6.14. The van der Waals surface area contributed by atoms with Gasteiger partial charge in [0.25, 0.3) is 0 Å². The van der Waals surface area contributed by atoms with Crippen LogP contribution in [0.2, 0.25) is 0 Å². The van der Waals surface area contributed by atoms with Crippen LogP contribution in [0.1, 0.15) is 63.5 Å². The second-order valence-corrected chi connectivity index (χ2v) is 10.3. The van der Waals surface area contributed by atoms with Crippen LogP contribution >= 0.6 is 0 Å². The van der Waals surface area contributed by atoms with Crippen LogP contribution < -0.4 is 5.73 Å². The smallest absolute Gasteiger partial charge is 0.335 e. The van der Waals surface area contributed by atoms with Gasteiger partial charge < -0.3 is 10.8 Å². The Morgan fingerprint density at radius 1 is 1.15 bits per heavy atom. The van der Waals surface area contributed by atoms with E-state index in [0.717, 1.165) is 12.3 Å². The third kappa shape index (κ3) is 2.90. The van der Waals surface area contributed by atoms with E-state index in [2.05, 4.69) is 20.4 Å². The quantitative estimate of drug-likeness (QED) is 0.757. The summed E-state index contributed by atoms with van der Waals surface area (Å²) in [6, 6.07) is 7.94. The molecule has 0 amide bonds. The first-order chi connectivity index (χ1) is 12.1. The Kier molecular flexibility index (Phi) is 3.89. The number of carboxylic acid groups (broad SMARTS) is 1. The highest BCUT2D eigenvalue weighted by Gasteiger charge is 2.61. The van der Waals surface area contributed by atoms with E-state index in [0.29, 0.717) is 16.4 Å². The van der Waals surface area contributed by atoms with Crippen LogP contribution in [-0.4, -0.2) is 17.1 Å². The third-order valence-electron chi connectivity index (χ3n) is 7.47. The SMILES string of the molecule is C=C(C(=O)O)c1ccc(CC(N)C23CC4CC(C)(CC(C)(C4)C2)C3)cc1. The zero-order chi connectivity index (χ0) is 18.7. The molecular formula is C23H31NO2. The van der Waals surface area contributed by atoms with Gasteiger partial charge in [-0.25, -0.2) is 4.79 Å². The predicted octanol–water partition coefficient (Wildman–Crippen LogP) is 4.65. The van der Waals surface area contributed by atoms with Crippen molar-refractivity contribution in [1.29, 1.82) is 0 Å². The van der Waals surface area contributed by atoms with Gasteiger partial charge in [0, 0.05) is 6.04 Å². The highest BCUT2D eigenvalue weighted by Crippen LogP contribution is 2.70. The molecule has 3 unspecified atom stereocenters. The number of carbonyl (C=O) groups is 1. The Labute approximate surface area is 156 Å². The number of hydrogen-bond acceptors (Lipinski definition) is 2. The summed E-state index contributed by atoms with van der Waals surface area (Å²) in [5.41, 5.74) is 10.1. The fourth-order valence-corrected chi connectivity index (χ4v) is 7.39. The zero-order valence-electron chi connectivity index (χ0n) is 16.1. The van der Waals surface area contributed by atoms with E-state index in [1.807, 2.05) is 24.3 Å². The molecule has 3 heteroatoms. The fourth-order valence-electron chi connectivity index (χ4n) is 7.39. The van der Waals surface area contributed by atoms with Crippen molar-refractivity contribution in [2.45, 2.75) is 64.8 Å². The molecule has 3 atom stereocenters. The molecule has 1 aromatic carbocycles. The van der Waals surface area contributed by atoms with Crippen molar-refractivity contribution < 1.29 is 9.90 Å². The minimum absolute atomic E-state index is 0.141. The van der Waals surface area contributed by atoms with Gasteiger partial charge in [-0.2, -0.15) is 0 Å². The van der Waals surface area contributed by atoms with Crippen LogP contribution in [-0.2, 0) is 11.2 Å². The van der Waals surface area contributed by atoms with Crippen molar-refractivity contribution in [3.05, 3.63) is 42.0 Å². The van der Waals surface area contributed by atoms with Crippen LogP contribution in [0.25, 0.3) is 5.57 Å². The van der Waals surface area contributed by atoms with Crippen LogP contribution in [0, 0.1) is 22.2 Å². The summed E-state index contributed by atoms with van der Waals surface area (Å²) in [5.74, 6) is -0.113. The zero-order valence-corrected chi connectivity index (χ0v) is 16.1. The van der Waals surface area contributed by atoms with Gasteiger partial charge in [-0.05, 0) is 78.2 Å². The van der Waals surface area contributed by atoms with Crippen LogP contribution in [0.5, 0.6) is 0 Å². The molecule has 4 aliphatic carbocycles. The molecule has 0 radical (unpaired) electrons. The number of aliphatic carboxylic acids is 1. The lowest BCUT2D eigenvalue weighted by atomic mass is 9.39. The summed E-state index contributed by atoms with van der Waals surface area (Å²) in [5, 5.41) is 9.08. The van der Waals surface area contributed by atoms with E-state index in [9.17, 15) is 4.79 Å². The molecule has 3 nitrogen and oxygen atoms in total. The normalized spacial score (nSPS) is 39.0. The minimum Gasteiger partial charge on any atom is -0.478 e. The van der Waals surface area contributed by atoms with E-state index in [-0.39, 0.29) is 17.0 Å². The largest absolute Gasteiger partial charge is 0.478 e. The molecule has 4 aliphatic rings. The van der Waals surface area contributed by atoms with Crippen molar-refractivity contribution in [2.75, 3.05) is 0 Å². The molecule has 140 valence electrons. The molecule has 4 fully saturated rings. The van der Waals surface area contributed by atoms with E-state index in [1.165, 1.54) is 44.1 Å². The minimum atomic E-state index is -0.968. The second kappa shape index (κ2) is 5.69. The van der Waals surface area contributed by atoms with Gasteiger partial charge in [0.1, 0.15) is 0 Å². The summed E-state index contributed by atoms with van der Waals surface area (Å²) in [6.07, 6.45) is 8.89. The molecule has 4 saturated carbocycles. The maximum Gasteiger partial charge on any atom is 0.335 e. The molecule has 0 aliphatic heterocycles. The van der Waals surface area contributed by atoms with Crippen molar-refractivity contribution >= 4 is 11.5 Å². The Balaban J connectivity index is 1.52. The Morgan fingerprint density at radius 2 is 1.73 bits per heavy atom. The molecule has 26 heavy (non-hydrogen) atoms. The Morgan fingerprint density at radius 3 is 2.23 bits per heavy atom. The molecule has 4 bridgehead atoms. The molecular weight excluding hydrogens is 322 g/mol. The van der Waals surface area contributed by atoms with Gasteiger partial charge in [0.2, 0.25) is 0 Å². The van der Waals surface area contributed by atoms with Gasteiger partial charge in [0.15, 0.2) is 0 Å². The molecule has 0 aromatic heterocycles. The monoisotopic (exact) mass is 353 g/mol. The first kappa shape index (κ1) is 17.8. The van der Waals surface area contributed by atoms with Crippen molar-refractivity contribution in [3.8, 4) is 0 Å². The molecule has 0 heterocycles. The second-order valence-electron chi connectivity index (χ2n) is 10.3. The lowest BCUT2D eigenvalue weighted by molar-refractivity contribution is -0.153. The lowest BCUT2D eigenvalue weighted by Crippen LogP contribution is -2.61. The highest BCUT2D eigenvalue weighted by atomic mass is 16.4. The number of nitrogens with two attached hydrogens (primary N) is 1. The average Bonchev–Trinajstić information content (AvgIpc) is 2.51. The van der Waals surface area contributed by atoms with E-state index in [4.69, 9.17) is 10.8 Å². The number of benzene rings is 1. The summed E-state index contributed by atoms with van der Waals surface area (Å²) in [6.45, 7) is 8.61. The summed E-state index contributed by atoms with van der Waals surface area (Å²) < 4.78 is 0. The summed E-state index contributed by atoms with van der Waals surface area (Å²) >= 11 is 0. The molecule has 5 rings (SSSR count). The van der Waals surface area contributed by atoms with Gasteiger partial charge in [-0.1, -0.05) is 44.7 Å². The molecule has 0 saturated heterocycles. The third-order valence-corrected chi connectivity index (χ3v) is 7.47. The summed E-state index contributed by atoms with van der Waals surface area (Å²) in [4.78, 5) is 11.1. The maximum absolute atomic E-state index is 11.1. The van der Waals surface area contributed by atoms with E-state index < -0.39 is 5.97 Å². The topological polar surface area (TPSA) is 63.3 Å². The fraction of sp³-hybridized carbons (Fsp3) is 0.609. The van der Waals surface area contributed by atoms with Gasteiger partial charge >= 0.3 is 5.97 Å². The number of rotatable bonds is 5. The Hall–Kier alpha value is -1.61. The molecule has 0 spiro atoms. The molecule has 1 aromatic rings. The number of hydrogen-bond donors (Lipinski definition) is 2. The van der Waals surface area contributed by atoms with Crippen LogP contribution in [0.3, 0.4) is 0 Å². The summed E-state index contributed by atoms with van der Waals surface area (Å²) in [7, 11) is 0. The Bertz CT molecular complexity index is 732. The van der Waals surface area contributed by atoms with Crippen molar-refractivity contribution in [3.63, 3.8) is 0 Å². The molecule has 3 N–H and O–H groups in total. The lowest BCUT2D eigenvalue weighted by Gasteiger charge is -2.67. The van der Waals surface area contributed by atoms with E-state index >= 15 is 0 Å².